The van der Waals surface area contributed by atoms with Crippen molar-refractivity contribution < 1.29 is 33.6 Å². The summed E-state index contributed by atoms with van der Waals surface area (Å²) in [5, 5.41) is 10.8. The second kappa shape index (κ2) is 14.9. The predicted octanol–water partition coefficient (Wildman–Crippen LogP) is 4.28. The molecule has 2 unspecified atom stereocenters. The number of ether oxygens (including phenoxy) is 5. The van der Waals surface area contributed by atoms with Crippen molar-refractivity contribution in [2.45, 2.75) is 95.4 Å². The van der Waals surface area contributed by atoms with Gasteiger partial charge in [-0.25, -0.2) is 0 Å². The van der Waals surface area contributed by atoms with Gasteiger partial charge in [0, 0.05) is 32.0 Å². The van der Waals surface area contributed by atoms with Gasteiger partial charge in [-0.1, -0.05) is 24.3 Å². The molecule has 0 aromatic rings. The predicted molar refractivity (Wildman–Crippen MR) is 124 cm³/mol. The minimum Gasteiger partial charge on any atom is -0.469 e. The number of carbonyl (C=O) groups excluding carboxylic acids is 1. The van der Waals surface area contributed by atoms with Crippen LogP contribution in [0.1, 0.15) is 70.6 Å². The van der Waals surface area contributed by atoms with Gasteiger partial charge in [-0.15, -0.1) is 0 Å². The number of unbranched alkanes of at least 4 members (excludes halogenated alkanes) is 1. The van der Waals surface area contributed by atoms with E-state index < -0.39 is 6.10 Å². The number of rotatable bonds is 12. The van der Waals surface area contributed by atoms with Crippen LogP contribution in [0.2, 0.25) is 0 Å². The minimum absolute atomic E-state index is 0.0667. The molecule has 0 aromatic carbocycles. The number of hydrogen-bond acceptors (Lipinski definition) is 7. The summed E-state index contributed by atoms with van der Waals surface area (Å²) in [6, 6.07) is 0. The summed E-state index contributed by atoms with van der Waals surface area (Å²) in [5.74, 6) is 0.00401. The molecule has 7 heteroatoms. The van der Waals surface area contributed by atoms with Crippen molar-refractivity contribution in [2.75, 3.05) is 26.9 Å². The first-order valence-corrected chi connectivity index (χ1v) is 12.7. The Bertz CT molecular complexity index is 608. The Labute approximate surface area is 198 Å². The lowest BCUT2D eigenvalue weighted by atomic mass is 9.90. The van der Waals surface area contributed by atoms with E-state index in [4.69, 9.17) is 18.9 Å². The molecule has 0 bridgehead atoms. The third-order valence-corrected chi connectivity index (χ3v) is 6.79. The van der Waals surface area contributed by atoms with E-state index in [-0.39, 0.29) is 36.5 Å². The first kappa shape index (κ1) is 26.4. The van der Waals surface area contributed by atoms with Gasteiger partial charge in [-0.2, -0.15) is 0 Å². The monoisotopic (exact) mass is 466 g/mol. The smallest absolute Gasteiger partial charge is 0.305 e. The van der Waals surface area contributed by atoms with E-state index in [1.165, 1.54) is 7.11 Å². The molecule has 0 radical (unpaired) electrons. The van der Waals surface area contributed by atoms with E-state index in [9.17, 15) is 9.90 Å². The number of allylic oxidation sites excluding steroid dienone is 2. The van der Waals surface area contributed by atoms with Gasteiger partial charge in [-0.3, -0.25) is 4.79 Å². The average Bonchev–Trinajstić information content (AvgIpc) is 3.13. The molecule has 3 rings (SSSR count). The van der Waals surface area contributed by atoms with E-state index >= 15 is 0 Å². The maximum Gasteiger partial charge on any atom is 0.305 e. The molecule has 0 aromatic heterocycles. The second-order valence-corrected chi connectivity index (χ2v) is 9.25. The highest BCUT2D eigenvalue weighted by Crippen LogP contribution is 2.39. The van der Waals surface area contributed by atoms with Crippen LogP contribution < -0.4 is 0 Å². The van der Waals surface area contributed by atoms with Gasteiger partial charge >= 0.3 is 5.97 Å². The molecule has 1 saturated carbocycles. The highest BCUT2D eigenvalue weighted by molar-refractivity contribution is 5.69. The maximum atomic E-state index is 11.2. The van der Waals surface area contributed by atoms with Crippen molar-refractivity contribution >= 4 is 5.97 Å². The van der Waals surface area contributed by atoms with Crippen LogP contribution in [0.4, 0.5) is 0 Å². The minimum atomic E-state index is -0.421. The number of carbonyl (C=O) groups is 1. The topological polar surface area (TPSA) is 83.5 Å². The van der Waals surface area contributed by atoms with Crippen LogP contribution in [-0.2, 0) is 28.5 Å². The van der Waals surface area contributed by atoms with Crippen LogP contribution >= 0.6 is 0 Å². The van der Waals surface area contributed by atoms with Crippen LogP contribution in [0.25, 0.3) is 0 Å². The average molecular weight is 467 g/mol. The van der Waals surface area contributed by atoms with E-state index in [2.05, 4.69) is 23.0 Å². The Morgan fingerprint density at radius 1 is 1.03 bits per heavy atom. The van der Waals surface area contributed by atoms with Gasteiger partial charge in [0.25, 0.3) is 0 Å². The molecule has 2 heterocycles. The van der Waals surface area contributed by atoms with Crippen LogP contribution in [0, 0.1) is 11.8 Å². The fourth-order valence-electron chi connectivity index (χ4n) is 4.90. The van der Waals surface area contributed by atoms with Crippen molar-refractivity contribution in [1.29, 1.82) is 0 Å². The molecule has 7 nitrogen and oxygen atoms in total. The summed E-state index contributed by atoms with van der Waals surface area (Å²) in [6.45, 7) is 2.02. The van der Waals surface area contributed by atoms with Crippen molar-refractivity contribution in [3.63, 3.8) is 0 Å². The fourth-order valence-corrected chi connectivity index (χ4v) is 4.90. The number of aliphatic hydroxyl groups excluding tert-OH is 1. The Kier molecular flexibility index (Phi) is 11.9. The van der Waals surface area contributed by atoms with Crippen LogP contribution in [-0.4, -0.2) is 62.8 Å². The molecule has 1 N–H and O–H groups in total. The lowest BCUT2D eigenvalue weighted by Gasteiger charge is -2.29. The van der Waals surface area contributed by atoms with E-state index in [0.29, 0.717) is 19.4 Å². The van der Waals surface area contributed by atoms with Crippen LogP contribution in [0.15, 0.2) is 24.3 Å². The molecule has 0 spiro atoms. The standard InChI is InChI=1S/C26H42O7/c1-29-24(28)13-5-3-2-4-11-20-21(12-10-18-31-25-14-6-8-16-30-25)23(19-22(20)27)33-26-15-7-9-17-32-26/h2,4,10,12,20-23,25-27H,3,5-9,11,13-19H2,1H3/b4-2-,12-10+/t20-,21-,22+,23-,25?,26?/m1/s1. The van der Waals surface area contributed by atoms with Gasteiger partial charge in [0.15, 0.2) is 12.6 Å². The number of esters is 1. The molecule has 6 atom stereocenters. The molecule has 1 aliphatic carbocycles. The Balaban J connectivity index is 1.52. The molecule has 0 amide bonds. The second-order valence-electron chi connectivity index (χ2n) is 9.25. The summed E-state index contributed by atoms with van der Waals surface area (Å²) in [7, 11) is 1.41. The zero-order chi connectivity index (χ0) is 23.3. The molecule has 2 saturated heterocycles. The van der Waals surface area contributed by atoms with Gasteiger partial charge in [0.05, 0.1) is 25.9 Å². The highest BCUT2D eigenvalue weighted by Gasteiger charge is 2.42. The van der Waals surface area contributed by atoms with E-state index in [1.54, 1.807) is 0 Å². The Morgan fingerprint density at radius 3 is 2.48 bits per heavy atom. The third-order valence-electron chi connectivity index (χ3n) is 6.79. The first-order valence-electron chi connectivity index (χ1n) is 12.7. The maximum absolute atomic E-state index is 11.2. The summed E-state index contributed by atoms with van der Waals surface area (Å²) in [6.07, 6.45) is 17.4. The lowest BCUT2D eigenvalue weighted by Crippen LogP contribution is -2.30. The van der Waals surface area contributed by atoms with Gasteiger partial charge in [-0.05, 0) is 63.7 Å². The summed E-state index contributed by atoms with van der Waals surface area (Å²) >= 11 is 0. The zero-order valence-corrected chi connectivity index (χ0v) is 20.1. The number of hydrogen-bond donors (Lipinski definition) is 1. The van der Waals surface area contributed by atoms with Crippen molar-refractivity contribution in [3.05, 3.63) is 24.3 Å². The summed E-state index contributed by atoms with van der Waals surface area (Å²) in [4.78, 5) is 11.2. The molecule has 3 fully saturated rings. The Morgan fingerprint density at radius 2 is 1.79 bits per heavy atom. The largest absolute Gasteiger partial charge is 0.469 e. The SMILES string of the molecule is COC(=O)CCC/C=C\C[C@@H]1[C@@H](/C=C/COC2CCCCO2)[C@H](OC2CCCCO2)C[C@@H]1O. The van der Waals surface area contributed by atoms with Crippen molar-refractivity contribution in [2.24, 2.45) is 11.8 Å². The van der Waals surface area contributed by atoms with Crippen molar-refractivity contribution in [3.8, 4) is 0 Å². The van der Waals surface area contributed by atoms with Gasteiger partial charge in [0.1, 0.15) is 0 Å². The summed E-state index contributed by atoms with van der Waals surface area (Å²) in [5.41, 5.74) is 0. The molecule has 2 aliphatic heterocycles. The molecule has 3 aliphatic rings. The Hall–Kier alpha value is -1.25. The lowest BCUT2D eigenvalue weighted by molar-refractivity contribution is -0.193. The fraction of sp³-hybridized carbons (Fsp3) is 0.808. The molecular formula is C26H42O7. The highest BCUT2D eigenvalue weighted by atomic mass is 16.7. The normalized spacial score (nSPS) is 33.2. The molecule has 188 valence electrons. The van der Waals surface area contributed by atoms with Crippen molar-refractivity contribution in [1.82, 2.24) is 0 Å². The first-order chi connectivity index (χ1) is 16.2. The van der Waals surface area contributed by atoms with Crippen LogP contribution in [0.3, 0.4) is 0 Å². The van der Waals surface area contributed by atoms with E-state index in [1.807, 2.05) is 6.08 Å². The van der Waals surface area contributed by atoms with Gasteiger partial charge < -0.3 is 28.8 Å². The van der Waals surface area contributed by atoms with Crippen LogP contribution in [0.5, 0.6) is 0 Å². The third kappa shape index (κ3) is 9.13. The number of aliphatic hydroxyl groups is 1. The molecular weight excluding hydrogens is 424 g/mol. The van der Waals surface area contributed by atoms with E-state index in [0.717, 1.165) is 71.0 Å². The number of methoxy groups -OCH3 is 1. The molecule has 33 heavy (non-hydrogen) atoms. The van der Waals surface area contributed by atoms with Gasteiger partial charge in [0.2, 0.25) is 0 Å². The quantitative estimate of drug-likeness (QED) is 0.261. The zero-order valence-electron chi connectivity index (χ0n) is 20.1. The summed E-state index contributed by atoms with van der Waals surface area (Å²) < 4.78 is 28.3.